The zero-order chi connectivity index (χ0) is 14.8. The molecule has 0 fully saturated rings. The van der Waals surface area contributed by atoms with Gasteiger partial charge in [0, 0.05) is 0 Å². The summed E-state index contributed by atoms with van der Waals surface area (Å²) in [4.78, 5) is 0. The van der Waals surface area contributed by atoms with Gasteiger partial charge in [0.25, 0.3) is 0 Å². The second kappa shape index (κ2) is 15.0. The van der Waals surface area contributed by atoms with E-state index in [9.17, 15) is 0 Å². The maximum absolute atomic E-state index is 3.93. The molecule has 0 aromatic heterocycles. The molecule has 22 heavy (non-hydrogen) atoms. The third kappa shape index (κ3) is 10.3. The molecule has 0 heterocycles. The van der Waals surface area contributed by atoms with Gasteiger partial charge in [-0.25, -0.2) is 0 Å². The van der Waals surface area contributed by atoms with Gasteiger partial charge >= 0.3 is 23.1 Å². The van der Waals surface area contributed by atoms with Crippen LogP contribution in [0.15, 0.2) is 24.3 Å². The van der Waals surface area contributed by atoms with E-state index in [0.29, 0.717) is 0 Å². The quantitative estimate of drug-likeness (QED) is 0.334. The predicted molar refractivity (Wildman–Crippen MR) is 96.8 cm³/mol. The number of unbranched alkanes of at least 4 members (excludes halogenated alkanes) is 3. The van der Waals surface area contributed by atoms with E-state index in [2.05, 4.69) is 52.0 Å². The van der Waals surface area contributed by atoms with E-state index in [-0.39, 0.29) is 40.0 Å². The first kappa shape index (κ1) is 24.7. The van der Waals surface area contributed by atoms with Gasteiger partial charge in [-0.3, -0.25) is 0 Å². The van der Waals surface area contributed by atoms with Crippen molar-refractivity contribution in [2.24, 2.45) is 5.92 Å². The van der Waals surface area contributed by atoms with Crippen LogP contribution in [0.3, 0.4) is 0 Å². The Morgan fingerprint density at radius 2 is 1.59 bits per heavy atom. The second-order valence-corrected chi connectivity index (χ2v) is 6.53. The van der Waals surface area contributed by atoms with Crippen LogP contribution in [0, 0.1) is 12.8 Å². The molecule has 0 spiro atoms. The Bertz CT molecular complexity index is 345. The summed E-state index contributed by atoms with van der Waals surface area (Å²) in [6.45, 7) is 10.8. The zero-order valence-corrected chi connectivity index (χ0v) is 17.9. The summed E-state index contributed by atoms with van der Waals surface area (Å²) in [5, 5.41) is 0. The Balaban J connectivity index is 0. The summed E-state index contributed by atoms with van der Waals surface area (Å²) in [7, 11) is 0. The molecule has 0 aliphatic rings. The molecule has 1 unspecified atom stereocenters. The largest absolute Gasteiger partial charge is 2.00 e. The summed E-state index contributed by atoms with van der Waals surface area (Å²) in [5.74, 6) is 1.51. The minimum atomic E-state index is 0. The van der Waals surface area contributed by atoms with Crippen molar-refractivity contribution < 1.29 is 17.0 Å². The first-order chi connectivity index (χ1) is 9.67. The van der Waals surface area contributed by atoms with Crippen molar-refractivity contribution in [1.29, 1.82) is 0 Å². The monoisotopic (exact) mass is 376 g/mol. The topological polar surface area (TPSA) is 0 Å². The maximum Gasteiger partial charge on any atom is 2.00 e. The Labute approximate surface area is 165 Å². The van der Waals surface area contributed by atoms with Gasteiger partial charge in [0.15, 0.2) is 0 Å². The Kier molecular flexibility index (Phi) is 16.9. The average Bonchev–Trinajstić information content (AvgIpc) is 2.43. The minimum absolute atomic E-state index is 0. The van der Waals surface area contributed by atoms with Crippen molar-refractivity contribution in [3.05, 3.63) is 42.3 Å². The predicted octanol–water partition coefficient (Wildman–Crippen LogP) is 3.18. The number of hydrogen-bond donors (Lipinski definition) is 0. The molecule has 0 nitrogen and oxygen atoms in total. The molecule has 122 valence electrons. The number of hydrogen-bond acceptors (Lipinski definition) is 0. The van der Waals surface area contributed by atoms with E-state index in [0.717, 1.165) is 18.3 Å². The normalized spacial score (nSPS) is 11.7. The van der Waals surface area contributed by atoms with Crippen LogP contribution < -0.4 is 17.0 Å². The van der Waals surface area contributed by atoms with Crippen molar-refractivity contribution in [2.75, 3.05) is 0 Å². The standard InChI is InChI=1S/C20H33.BrH.Mg/c1-5-7-8-9-11-19(10-6-2)20-14-12-18(13-15-20)16-17(3)4;;/h12-15,17,19H,1,5-11,16H2,2-4H3;1H;/q-1;;+2/p-1. The summed E-state index contributed by atoms with van der Waals surface area (Å²) >= 11 is 0. The van der Waals surface area contributed by atoms with Gasteiger partial charge in [0.1, 0.15) is 0 Å². The van der Waals surface area contributed by atoms with Gasteiger partial charge in [-0.1, -0.05) is 70.7 Å². The van der Waals surface area contributed by atoms with Gasteiger partial charge in [-0.15, -0.1) is 0 Å². The fourth-order valence-corrected chi connectivity index (χ4v) is 2.97. The molecule has 0 bridgehead atoms. The Morgan fingerprint density at radius 3 is 2.09 bits per heavy atom. The molecule has 2 heteroatoms. The third-order valence-electron chi connectivity index (χ3n) is 4.03. The van der Waals surface area contributed by atoms with Gasteiger partial charge < -0.3 is 23.9 Å². The summed E-state index contributed by atoms with van der Waals surface area (Å²) < 4.78 is 0. The minimum Gasteiger partial charge on any atom is -1.00 e. The van der Waals surface area contributed by atoms with E-state index in [1.54, 1.807) is 5.56 Å². The van der Waals surface area contributed by atoms with Crippen LogP contribution >= 0.6 is 0 Å². The van der Waals surface area contributed by atoms with E-state index >= 15 is 0 Å². The molecule has 0 radical (unpaired) electrons. The van der Waals surface area contributed by atoms with E-state index < -0.39 is 0 Å². The SMILES string of the molecule is [Br-].[CH2-]CCCCCC(CCC)c1ccc(CC(C)C)cc1.[Mg+2]. The first-order valence-electron chi connectivity index (χ1n) is 8.55. The average molecular weight is 378 g/mol. The molecule has 1 aromatic carbocycles. The fraction of sp³-hybridized carbons (Fsp3) is 0.650. The van der Waals surface area contributed by atoms with Crippen LogP contribution in [0.5, 0.6) is 0 Å². The van der Waals surface area contributed by atoms with Gasteiger partial charge in [0.05, 0.1) is 0 Å². The van der Waals surface area contributed by atoms with Crippen molar-refractivity contribution in [1.82, 2.24) is 0 Å². The van der Waals surface area contributed by atoms with Crippen LogP contribution in [0.2, 0.25) is 0 Å². The van der Waals surface area contributed by atoms with Crippen LogP contribution in [-0.4, -0.2) is 23.1 Å². The molecule has 0 amide bonds. The van der Waals surface area contributed by atoms with Gasteiger partial charge in [-0.2, -0.15) is 6.42 Å². The number of rotatable bonds is 10. The van der Waals surface area contributed by atoms with Crippen LogP contribution in [-0.2, 0) is 6.42 Å². The van der Waals surface area contributed by atoms with Crippen molar-refractivity contribution in [3.8, 4) is 0 Å². The molecule has 1 rings (SSSR count). The molecule has 0 saturated heterocycles. The van der Waals surface area contributed by atoms with Crippen LogP contribution in [0.4, 0.5) is 0 Å². The van der Waals surface area contributed by atoms with E-state index in [1.165, 1.54) is 50.5 Å². The zero-order valence-electron chi connectivity index (χ0n) is 14.9. The van der Waals surface area contributed by atoms with Crippen LogP contribution in [0.25, 0.3) is 0 Å². The molecule has 0 saturated carbocycles. The summed E-state index contributed by atoms with van der Waals surface area (Å²) in [5.41, 5.74) is 3.03. The number of benzene rings is 1. The fourth-order valence-electron chi connectivity index (χ4n) is 2.97. The van der Waals surface area contributed by atoms with Gasteiger partial charge in [-0.05, 0) is 42.2 Å². The molecule has 0 aliphatic heterocycles. The maximum atomic E-state index is 3.93. The summed E-state index contributed by atoms with van der Waals surface area (Å²) in [6.07, 6.45) is 10.2. The molecule has 0 aliphatic carbocycles. The van der Waals surface area contributed by atoms with Crippen molar-refractivity contribution in [2.45, 2.75) is 78.1 Å². The van der Waals surface area contributed by atoms with Gasteiger partial charge in [0.2, 0.25) is 0 Å². The van der Waals surface area contributed by atoms with E-state index in [4.69, 9.17) is 0 Å². The second-order valence-electron chi connectivity index (χ2n) is 6.53. The van der Waals surface area contributed by atoms with Crippen molar-refractivity contribution >= 4 is 23.1 Å². The number of halogens is 1. The Hall–Kier alpha value is 0.466. The molecule has 1 atom stereocenters. The summed E-state index contributed by atoms with van der Waals surface area (Å²) in [6, 6.07) is 9.43. The molecule has 0 N–H and O–H groups in total. The molecular formula is C20H33BrMg. The Morgan fingerprint density at radius 1 is 0.955 bits per heavy atom. The van der Waals surface area contributed by atoms with Crippen LogP contribution in [0.1, 0.15) is 82.8 Å². The molecular weight excluding hydrogens is 344 g/mol. The van der Waals surface area contributed by atoms with Crippen molar-refractivity contribution in [3.63, 3.8) is 0 Å². The third-order valence-corrected chi connectivity index (χ3v) is 4.03. The molecule has 1 aromatic rings. The van der Waals surface area contributed by atoms with E-state index in [1.807, 2.05) is 0 Å². The first-order valence-corrected chi connectivity index (χ1v) is 8.55. The smallest absolute Gasteiger partial charge is 1.00 e.